The molecule has 3 rings (SSSR count). The van der Waals surface area contributed by atoms with Crippen LogP contribution in [0.5, 0.6) is 0 Å². The van der Waals surface area contributed by atoms with E-state index in [-0.39, 0.29) is 24.1 Å². The number of ether oxygens (including phenoxy) is 1. The van der Waals surface area contributed by atoms with Crippen molar-refractivity contribution in [3.05, 3.63) is 11.3 Å². The average Bonchev–Trinajstić information content (AvgIpc) is 2.78. The first-order valence-corrected chi connectivity index (χ1v) is 8.82. The molecule has 1 heterocycles. The fourth-order valence-electron chi connectivity index (χ4n) is 3.73. The highest BCUT2D eigenvalue weighted by Gasteiger charge is 2.51. The summed E-state index contributed by atoms with van der Waals surface area (Å²) in [6.07, 6.45) is -6.30. The summed E-state index contributed by atoms with van der Waals surface area (Å²) in [6, 6.07) is 0. The Balaban J connectivity index is 1.86. The highest BCUT2D eigenvalue weighted by atomic mass is 19.4. The van der Waals surface area contributed by atoms with Gasteiger partial charge in [0.05, 0.1) is 5.69 Å². The van der Waals surface area contributed by atoms with E-state index < -0.39 is 30.2 Å². The molecule has 27 heavy (non-hydrogen) atoms. The predicted octanol–water partition coefficient (Wildman–Crippen LogP) is 4.87. The van der Waals surface area contributed by atoms with E-state index in [0.29, 0.717) is 11.3 Å². The Labute approximate surface area is 153 Å². The van der Waals surface area contributed by atoms with Gasteiger partial charge < -0.3 is 4.74 Å². The van der Waals surface area contributed by atoms with E-state index >= 15 is 0 Å². The maximum atomic E-state index is 13.3. The first-order chi connectivity index (χ1) is 12.3. The summed E-state index contributed by atoms with van der Waals surface area (Å²) in [4.78, 5) is 12.0. The number of alkyl halides is 5. The second-order valence-electron chi connectivity index (χ2n) is 7.82. The van der Waals surface area contributed by atoms with Gasteiger partial charge in [0.25, 0.3) is 0 Å². The van der Waals surface area contributed by atoms with Crippen LogP contribution in [0.4, 0.5) is 32.6 Å². The number of amides is 1. The van der Waals surface area contributed by atoms with Crippen molar-refractivity contribution in [1.29, 1.82) is 0 Å². The molecule has 1 atom stereocenters. The lowest BCUT2D eigenvalue weighted by Crippen LogP contribution is -2.38. The van der Waals surface area contributed by atoms with Crippen LogP contribution in [0.25, 0.3) is 0 Å². The normalized spacial score (nSPS) is 22.5. The maximum absolute atomic E-state index is 13.3. The third-order valence-corrected chi connectivity index (χ3v) is 5.58. The van der Waals surface area contributed by atoms with E-state index in [4.69, 9.17) is 0 Å². The van der Waals surface area contributed by atoms with Gasteiger partial charge in [-0.15, -0.1) is 0 Å². The summed E-state index contributed by atoms with van der Waals surface area (Å²) in [6.45, 7) is 2.68. The van der Waals surface area contributed by atoms with Crippen LogP contribution in [-0.2, 0) is 17.2 Å². The standard InChI is InChI=1S/C17H22F5N3O2/c1-9(17(20,21)22)27-14(26)23-13-11(15(2)5-4-6-15)12(24-25(13)3)10-7-16(18,19)8-10/h9-10H,4-8H2,1-3H3,(H,23,26)/t9-/m1/s1. The number of hydrogen-bond donors (Lipinski definition) is 1. The Kier molecular flexibility index (Phi) is 4.67. The zero-order valence-corrected chi connectivity index (χ0v) is 15.3. The molecule has 0 saturated heterocycles. The van der Waals surface area contributed by atoms with Crippen LogP contribution < -0.4 is 5.32 Å². The highest BCUT2D eigenvalue weighted by molar-refractivity contribution is 5.85. The maximum Gasteiger partial charge on any atom is 0.425 e. The molecular weight excluding hydrogens is 373 g/mol. The predicted molar refractivity (Wildman–Crippen MR) is 87.0 cm³/mol. The first kappa shape index (κ1) is 19.9. The van der Waals surface area contributed by atoms with Crippen LogP contribution in [-0.4, -0.2) is 34.1 Å². The SMILES string of the molecule is C[C@@H](OC(=O)Nc1c(C2(C)CCC2)c(C2CC(F)(F)C2)nn1C)C(F)(F)F. The number of hydrogen-bond acceptors (Lipinski definition) is 3. The number of carbonyl (C=O) groups is 1. The quantitative estimate of drug-likeness (QED) is 0.740. The second kappa shape index (κ2) is 6.34. The van der Waals surface area contributed by atoms with Crippen molar-refractivity contribution in [1.82, 2.24) is 9.78 Å². The fourth-order valence-corrected chi connectivity index (χ4v) is 3.73. The van der Waals surface area contributed by atoms with Gasteiger partial charge in [-0.1, -0.05) is 13.3 Å². The van der Waals surface area contributed by atoms with Crippen molar-refractivity contribution in [2.45, 2.75) is 75.5 Å². The summed E-state index contributed by atoms with van der Waals surface area (Å²) in [5, 5.41) is 6.67. The minimum atomic E-state index is -4.67. The third kappa shape index (κ3) is 3.75. The highest BCUT2D eigenvalue weighted by Crippen LogP contribution is 2.54. The zero-order chi connectivity index (χ0) is 20.2. The Bertz CT molecular complexity index is 732. The lowest BCUT2D eigenvalue weighted by atomic mass is 9.63. The van der Waals surface area contributed by atoms with E-state index in [9.17, 15) is 26.7 Å². The van der Waals surface area contributed by atoms with Gasteiger partial charge in [0.15, 0.2) is 6.10 Å². The van der Waals surface area contributed by atoms with Crippen molar-refractivity contribution in [2.24, 2.45) is 7.05 Å². The zero-order valence-electron chi connectivity index (χ0n) is 15.3. The van der Waals surface area contributed by atoms with Gasteiger partial charge in [0, 0.05) is 31.4 Å². The van der Waals surface area contributed by atoms with Gasteiger partial charge in [-0.3, -0.25) is 10.00 Å². The van der Waals surface area contributed by atoms with Gasteiger partial charge in [0.2, 0.25) is 5.92 Å². The van der Waals surface area contributed by atoms with E-state index in [0.717, 1.165) is 26.2 Å². The van der Waals surface area contributed by atoms with Crippen LogP contribution in [0, 0.1) is 0 Å². The topological polar surface area (TPSA) is 56.1 Å². The molecule has 10 heteroatoms. The van der Waals surface area contributed by atoms with Crippen molar-refractivity contribution in [2.75, 3.05) is 5.32 Å². The lowest BCUT2D eigenvalue weighted by Gasteiger charge is -2.42. The molecule has 0 aliphatic heterocycles. The third-order valence-electron chi connectivity index (χ3n) is 5.58. The summed E-state index contributed by atoms with van der Waals surface area (Å²) in [5.74, 6) is -2.95. The number of nitrogens with one attached hydrogen (secondary N) is 1. The van der Waals surface area contributed by atoms with E-state index in [1.165, 1.54) is 11.7 Å². The number of carbonyl (C=O) groups excluding carboxylic acids is 1. The largest absolute Gasteiger partial charge is 0.437 e. The number of nitrogens with zero attached hydrogens (tertiary/aromatic N) is 2. The molecule has 0 spiro atoms. The molecule has 1 N–H and O–H groups in total. The molecule has 5 nitrogen and oxygen atoms in total. The Morgan fingerprint density at radius 2 is 1.93 bits per heavy atom. The van der Waals surface area contributed by atoms with Gasteiger partial charge in [-0.25, -0.2) is 13.6 Å². The lowest BCUT2D eigenvalue weighted by molar-refractivity contribution is -0.196. The number of aromatic nitrogens is 2. The van der Waals surface area contributed by atoms with Crippen LogP contribution in [0.15, 0.2) is 0 Å². The van der Waals surface area contributed by atoms with Crippen LogP contribution in [0.2, 0.25) is 0 Å². The van der Waals surface area contributed by atoms with Crippen molar-refractivity contribution in [3.8, 4) is 0 Å². The van der Waals surface area contributed by atoms with E-state index in [1.54, 1.807) is 0 Å². The number of aryl methyl sites for hydroxylation is 1. The molecule has 0 radical (unpaired) electrons. The number of anilines is 1. The first-order valence-electron chi connectivity index (χ1n) is 8.82. The summed E-state index contributed by atoms with van der Waals surface area (Å²) in [5.41, 5.74) is 0.769. The minimum absolute atomic E-state index is 0.210. The molecule has 1 aromatic heterocycles. The van der Waals surface area contributed by atoms with Gasteiger partial charge >= 0.3 is 12.3 Å². The Morgan fingerprint density at radius 1 is 1.33 bits per heavy atom. The number of halogens is 5. The van der Waals surface area contributed by atoms with Crippen molar-refractivity contribution < 1.29 is 31.5 Å². The van der Waals surface area contributed by atoms with Crippen molar-refractivity contribution in [3.63, 3.8) is 0 Å². The molecule has 2 aliphatic carbocycles. The molecule has 1 amide bonds. The summed E-state index contributed by atoms with van der Waals surface area (Å²) >= 11 is 0. The molecule has 152 valence electrons. The van der Waals surface area contributed by atoms with Gasteiger partial charge in [-0.05, 0) is 25.2 Å². The molecule has 0 aromatic carbocycles. The molecule has 0 bridgehead atoms. The average molecular weight is 395 g/mol. The van der Waals surface area contributed by atoms with Crippen molar-refractivity contribution >= 4 is 11.9 Å². The molecule has 2 saturated carbocycles. The van der Waals surface area contributed by atoms with Gasteiger partial charge in [0.1, 0.15) is 5.82 Å². The number of rotatable bonds is 4. The molecule has 1 aromatic rings. The fraction of sp³-hybridized carbons (Fsp3) is 0.765. The summed E-state index contributed by atoms with van der Waals surface area (Å²) in [7, 11) is 1.52. The molecular formula is C17H22F5N3O2. The monoisotopic (exact) mass is 395 g/mol. The smallest absolute Gasteiger partial charge is 0.425 e. The van der Waals surface area contributed by atoms with Crippen LogP contribution >= 0.6 is 0 Å². The molecule has 0 unspecified atom stereocenters. The van der Waals surface area contributed by atoms with Crippen LogP contribution in [0.1, 0.15) is 63.1 Å². The molecule has 2 fully saturated rings. The van der Waals surface area contributed by atoms with Crippen LogP contribution in [0.3, 0.4) is 0 Å². The second-order valence-corrected chi connectivity index (χ2v) is 7.82. The Hall–Kier alpha value is -1.87. The Morgan fingerprint density at radius 3 is 2.37 bits per heavy atom. The summed E-state index contributed by atoms with van der Waals surface area (Å²) < 4.78 is 70.2. The van der Waals surface area contributed by atoms with E-state index in [1.807, 2.05) is 6.92 Å². The van der Waals surface area contributed by atoms with Gasteiger partial charge in [-0.2, -0.15) is 18.3 Å². The molecule has 2 aliphatic rings. The van der Waals surface area contributed by atoms with E-state index in [2.05, 4.69) is 15.2 Å². The minimum Gasteiger partial charge on any atom is -0.437 e.